The molecule has 4 rings (SSSR count). The van der Waals surface area contributed by atoms with Crippen LogP contribution < -0.4 is 4.74 Å². The zero-order valence-electron chi connectivity index (χ0n) is 22.3. The Balaban J connectivity index is 1.40. The lowest BCUT2D eigenvalue weighted by Crippen LogP contribution is -2.42. The first-order valence-electron chi connectivity index (χ1n) is 13.3. The third kappa shape index (κ3) is 7.67. The van der Waals surface area contributed by atoms with Gasteiger partial charge in [0.25, 0.3) is 0 Å². The van der Waals surface area contributed by atoms with Crippen molar-refractivity contribution in [2.45, 2.75) is 70.3 Å². The predicted molar refractivity (Wildman–Crippen MR) is 128 cm³/mol. The molecule has 0 bridgehead atoms. The maximum absolute atomic E-state index is 15.0. The van der Waals surface area contributed by atoms with Crippen molar-refractivity contribution in [1.82, 2.24) is 0 Å². The summed E-state index contributed by atoms with van der Waals surface area (Å²) >= 11 is 0. The number of hydrogen-bond acceptors (Lipinski definition) is 4. The summed E-state index contributed by atoms with van der Waals surface area (Å²) in [6.07, 6.45) is -12.5. The predicted octanol–water partition coefficient (Wildman–Crippen LogP) is 8.92. The van der Waals surface area contributed by atoms with E-state index in [9.17, 15) is 43.9 Å². The van der Waals surface area contributed by atoms with Crippen LogP contribution in [0.3, 0.4) is 0 Å². The van der Waals surface area contributed by atoms with Crippen LogP contribution in [-0.2, 0) is 20.3 Å². The van der Waals surface area contributed by atoms with E-state index >= 15 is 0 Å². The number of halogens is 10. The molecule has 1 saturated carbocycles. The van der Waals surface area contributed by atoms with Crippen molar-refractivity contribution in [2.75, 3.05) is 13.2 Å². The summed E-state index contributed by atoms with van der Waals surface area (Å²) in [7, 11) is 0. The zero-order chi connectivity index (χ0) is 30.9. The molecular weight excluding hydrogens is 590 g/mol. The minimum absolute atomic E-state index is 0.0523. The van der Waals surface area contributed by atoms with Gasteiger partial charge in [0.15, 0.2) is 6.29 Å². The fraction of sp³-hybridized carbons (Fsp3) is 0.571. The maximum Gasteiger partial charge on any atom is 0.527 e. The molecule has 0 radical (unpaired) electrons. The molecule has 0 amide bonds. The molecule has 1 aliphatic heterocycles. The van der Waals surface area contributed by atoms with Gasteiger partial charge in [0.05, 0.1) is 19.1 Å². The van der Waals surface area contributed by atoms with Gasteiger partial charge in [-0.05, 0) is 61.9 Å². The molecule has 1 saturated heterocycles. The number of benzene rings is 2. The monoisotopic (exact) mass is 618 g/mol. The van der Waals surface area contributed by atoms with E-state index in [1.807, 2.05) is 0 Å². The summed E-state index contributed by atoms with van der Waals surface area (Å²) in [5.41, 5.74) is -3.62. The van der Waals surface area contributed by atoms with E-state index in [2.05, 4.69) is 11.7 Å². The summed E-state index contributed by atoms with van der Waals surface area (Å²) in [5, 5.41) is 0. The molecule has 0 unspecified atom stereocenters. The molecule has 1 heterocycles. The summed E-state index contributed by atoms with van der Waals surface area (Å²) in [6.45, 7) is 3.18. The number of hydrogen-bond donors (Lipinski definition) is 0. The quantitative estimate of drug-likeness (QED) is 0.263. The third-order valence-electron chi connectivity index (χ3n) is 7.40. The first-order chi connectivity index (χ1) is 19.6. The van der Waals surface area contributed by atoms with Crippen LogP contribution in [0.4, 0.5) is 43.9 Å². The Hall–Kier alpha value is -2.58. The van der Waals surface area contributed by atoms with Crippen LogP contribution in [0.15, 0.2) is 30.3 Å². The van der Waals surface area contributed by atoms with E-state index in [4.69, 9.17) is 14.2 Å². The van der Waals surface area contributed by atoms with Crippen molar-refractivity contribution in [3.05, 3.63) is 53.3 Å². The van der Waals surface area contributed by atoms with Gasteiger partial charge in [0, 0.05) is 23.5 Å². The van der Waals surface area contributed by atoms with Gasteiger partial charge < -0.3 is 14.2 Å². The minimum atomic E-state index is -5.92. The van der Waals surface area contributed by atoms with Crippen LogP contribution in [0.5, 0.6) is 5.75 Å². The van der Waals surface area contributed by atoms with Crippen molar-refractivity contribution in [3.63, 3.8) is 0 Å². The highest BCUT2D eigenvalue weighted by atomic mass is 19.4. The van der Waals surface area contributed by atoms with E-state index in [0.29, 0.717) is 38.0 Å². The molecule has 0 atom stereocenters. The normalized spacial score (nSPS) is 24.1. The largest absolute Gasteiger partial charge is 0.527 e. The second-order valence-electron chi connectivity index (χ2n) is 10.5. The van der Waals surface area contributed by atoms with Crippen molar-refractivity contribution in [1.29, 1.82) is 0 Å². The van der Waals surface area contributed by atoms with E-state index in [1.165, 1.54) is 0 Å². The fourth-order valence-corrected chi connectivity index (χ4v) is 5.37. The van der Waals surface area contributed by atoms with Crippen LogP contribution >= 0.6 is 0 Å². The van der Waals surface area contributed by atoms with Crippen LogP contribution in [0.2, 0.25) is 0 Å². The minimum Gasteiger partial charge on any atom is -0.432 e. The average molecular weight is 619 g/mol. The van der Waals surface area contributed by atoms with E-state index in [-0.39, 0.29) is 30.9 Å². The Morgan fingerprint density at radius 3 is 1.93 bits per heavy atom. The number of alkyl halides is 7. The third-order valence-corrected chi connectivity index (χ3v) is 7.40. The van der Waals surface area contributed by atoms with E-state index in [0.717, 1.165) is 25.0 Å². The lowest BCUT2D eigenvalue weighted by molar-refractivity contribution is -0.432. The Bertz CT molecular complexity index is 1200. The standard InChI is InChI=1S/C28H28F10O4/c1-2-3-15-13-39-25(40-14-15)16-4-6-18(7-5-16)26(32,33)41-19-8-9-20(21(29)12-19)17-10-22(30)24(23(31)11-17)27(34,35)42-28(36,37)38/h8-12,15-16,18,25H,2-7,13-14H2,1H3. The maximum atomic E-state index is 15.0. The van der Waals surface area contributed by atoms with E-state index < -0.39 is 70.7 Å². The van der Waals surface area contributed by atoms with Gasteiger partial charge in [0.2, 0.25) is 0 Å². The molecule has 4 nitrogen and oxygen atoms in total. The number of rotatable bonds is 9. The molecule has 2 aromatic carbocycles. The molecule has 0 aromatic heterocycles. The van der Waals surface area contributed by atoms with Crippen molar-refractivity contribution >= 4 is 0 Å². The molecule has 234 valence electrons. The molecule has 1 aliphatic carbocycles. The molecular formula is C28H28F10O4. The molecule has 0 spiro atoms. The van der Waals surface area contributed by atoms with Gasteiger partial charge in [-0.15, -0.1) is 13.2 Å². The highest BCUT2D eigenvalue weighted by Gasteiger charge is 2.50. The summed E-state index contributed by atoms with van der Waals surface area (Å²) in [6, 6.07) is 2.57. The topological polar surface area (TPSA) is 36.9 Å². The van der Waals surface area contributed by atoms with Crippen LogP contribution in [0.1, 0.15) is 51.0 Å². The smallest absolute Gasteiger partial charge is 0.432 e. The molecule has 2 aromatic rings. The van der Waals surface area contributed by atoms with Gasteiger partial charge >= 0.3 is 18.6 Å². The molecule has 2 aliphatic rings. The number of ether oxygens (including phenoxy) is 4. The lowest BCUT2D eigenvalue weighted by Gasteiger charge is -2.39. The second-order valence-corrected chi connectivity index (χ2v) is 10.5. The second kappa shape index (κ2) is 12.6. The van der Waals surface area contributed by atoms with Gasteiger partial charge in [-0.3, -0.25) is 0 Å². The highest BCUT2D eigenvalue weighted by Crippen LogP contribution is 2.43. The first-order valence-corrected chi connectivity index (χ1v) is 13.3. The Labute approximate surface area is 234 Å². The molecule has 0 N–H and O–H groups in total. The Morgan fingerprint density at radius 1 is 0.810 bits per heavy atom. The van der Waals surface area contributed by atoms with Crippen molar-refractivity contribution in [2.24, 2.45) is 17.8 Å². The molecule has 2 fully saturated rings. The van der Waals surface area contributed by atoms with Gasteiger partial charge in [0.1, 0.15) is 28.8 Å². The SMILES string of the molecule is CCCC1COC(C2CCC(C(F)(F)Oc3ccc(-c4cc(F)c(C(F)(F)OC(F)(F)F)c(F)c4)c(F)c3)CC2)OC1. The van der Waals surface area contributed by atoms with Crippen molar-refractivity contribution < 1.29 is 62.9 Å². The Morgan fingerprint density at radius 2 is 1.40 bits per heavy atom. The fourth-order valence-electron chi connectivity index (χ4n) is 5.37. The summed E-state index contributed by atoms with van der Waals surface area (Å²) in [5.74, 6) is -7.13. The van der Waals surface area contributed by atoms with Gasteiger partial charge in [-0.2, -0.15) is 17.6 Å². The first kappa shape index (κ1) is 32.3. The van der Waals surface area contributed by atoms with E-state index in [1.54, 1.807) is 0 Å². The average Bonchev–Trinajstić information content (AvgIpc) is 2.87. The molecule has 14 heteroatoms. The zero-order valence-corrected chi connectivity index (χ0v) is 22.3. The summed E-state index contributed by atoms with van der Waals surface area (Å²) in [4.78, 5) is 0. The van der Waals surface area contributed by atoms with Gasteiger partial charge in [-0.1, -0.05) is 13.3 Å². The van der Waals surface area contributed by atoms with Crippen molar-refractivity contribution in [3.8, 4) is 16.9 Å². The van der Waals surface area contributed by atoms with Crippen LogP contribution in [-0.4, -0.2) is 32.0 Å². The Kier molecular flexibility index (Phi) is 9.68. The highest BCUT2D eigenvalue weighted by molar-refractivity contribution is 5.66. The van der Waals surface area contributed by atoms with Crippen LogP contribution in [0, 0.1) is 35.2 Å². The van der Waals surface area contributed by atoms with Crippen LogP contribution in [0.25, 0.3) is 11.1 Å². The lowest BCUT2D eigenvalue weighted by atomic mass is 9.80. The summed E-state index contributed by atoms with van der Waals surface area (Å²) < 4.78 is 156. The van der Waals surface area contributed by atoms with Gasteiger partial charge in [-0.25, -0.2) is 17.9 Å². The molecule has 42 heavy (non-hydrogen) atoms.